The Morgan fingerprint density at radius 1 is 1.44 bits per heavy atom. The van der Waals surface area contributed by atoms with Crippen molar-refractivity contribution in [3.8, 4) is 5.75 Å². The highest BCUT2D eigenvalue weighted by atomic mass is 16.5. The molecule has 0 aliphatic carbocycles. The van der Waals surface area contributed by atoms with E-state index in [1.165, 1.54) is 0 Å². The number of aromatic hydroxyl groups is 1. The number of rotatable bonds is 3. The molecule has 3 heteroatoms. The first-order valence-electron chi connectivity index (χ1n) is 6.86. The topological polar surface area (TPSA) is 32.7 Å². The molecule has 18 heavy (non-hydrogen) atoms. The molecule has 1 aliphatic heterocycles. The molecule has 1 saturated heterocycles. The molecule has 0 radical (unpaired) electrons. The predicted molar refractivity (Wildman–Crippen MR) is 72.7 cm³/mol. The molecule has 2 unspecified atom stereocenters. The average molecular weight is 249 g/mol. The van der Waals surface area contributed by atoms with Crippen LogP contribution in [0.1, 0.15) is 38.3 Å². The maximum absolute atomic E-state index is 9.95. The summed E-state index contributed by atoms with van der Waals surface area (Å²) in [4.78, 5) is 2.41. The van der Waals surface area contributed by atoms with Gasteiger partial charge in [0.05, 0.1) is 6.10 Å². The molecule has 1 fully saturated rings. The Labute approximate surface area is 109 Å². The van der Waals surface area contributed by atoms with Crippen molar-refractivity contribution < 1.29 is 9.84 Å². The predicted octanol–water partition coefficient (Wildman–Crippen LogP) is 2.95. The lowest BCUT2D eigenvalue weighted by molar-refractivity contribution is 0.0464. The van der Waals surface area contributed by atoms with Crippen LogP contribution < -0.4 is 0 Å². The third-order valence-corrected chi connectivity index (χ3v) is 3.77. The number of para-hydroxylation sites is 1. The van der Waals surface area contributed by atoms with Crippen molar-refractivity contribution in [1.82, 2.24) is 4.90 Å². The zero-order valence-electron chi connectivity index (χ0n) is 11.3. The largest absolute Gasteiger partial charge is 0.508 e. The van der Waals surface area contributed by atoms with E-state index in [9.17, 15) is 5.11 Å². The van der Waals surface area contributed by atoms with E-state index in [0.717, 1.165) is 38.1 Å². The van der Waals surface area contributed by atoms with Crippen LogP contribution >= 0.6 is 0 Å². The second-order valence-corrected chi connectivity index (χ2v) is 4.98. The minimum atomic E-state index is 0.238. The first-order chi connectivity index (χ1) is 8.72. The summed E-state index contributed by atoms with van der Waals surface area (Å²) in [6, 6.07) is 7.86. The zero-order valence-corrected chi connectivity index (χ0v) is 11.3. The Hall–Kier alpha value is -1.06. The number of hydrogen-bond acceptors (Lipinski definition) is 3. The van der Waals surface area contributed by atoms with E-state index in [-0.39, 0.29) is 6.04 Å². The molecule has 1 aromatic carbocycles. The highest BCUT2D eigenvalue weighted by Gasteiger charge is 2.23. The van der Waals surface area contributed by atoms with Crippen molar-refractivity contribution in [2.75, 3.05) is 19.7 Å². The van der Waals surface area contributed by atoms with Crippen LogP contribution in [-0.4, -0.2) is 35.8 Å². The van der Waals surface area contributed by atoms with Gasteiger partial charge in [0.2, 0.25) is 0 Å². The van der Waals surface area contributed by atoms with E-state index in [0.29, 0.717) is 11.9 Å². The molecule has 1 aliphatic rings. The minimum absolute atomic E-state index is 0.238. The average Bonchev–Trinajstić information content (AvgIpc) is 2.64. The maximum Gasteiger partial charge on any atom is 0.120 e. The summed E-state index contributed by atoms with van der Waals surface area (Å²) in [6.07, 6.45) is 2.43. The Balaban J connectivity index is 2.12. The summed E-state index contributed by atoms with van der Waals surface area (Å²) in [7, 11) is 0. The van der Waals surface area contributed by atoms with Gasteiger partial charge in [-0.05, 0) is 25.8 Å². The van der Waals surface area contributed by atoms with Crippen molar-refractivity contribution >= 4 is 0 Å². The van der Waals surface area contributed by atoms with Gasteiger partial charge in [-0.25, -0.2) is 0 Å². The van der Waals surface area contributed by atoms with Crippen LogP contribution in [0.15, 0.2) is 24.3 Å². The second kappa shape index (κ2) is 6.21. The van der Waals surface area contributed by atoms with E-state index >= 15 is 0 Å². The van der Waals surface area contributed by atoms with Crippen LogP contribution in [0.25, 0.3) is 0 Å². The van der Waals surface area contributed by atoms with Gasteiger partial charge in [-0.1, -0.05) is 25.1 Å². The smallest absolute Gasteiger partial charge is 0.120 e. The monoisotopic (exact) mass is 249 g/mol. The van der Waals surface area contributed by atoms with Crippen LogP contribution in [0.2, 0.25) is 0 Å². The van der Waals surface area contributed by atoms with E-state index in [1.54, 1.807) is 6.07 Å². The van der Waals surface area contributed by atoms with Gasteiger partial charge in [-0.15, -0.1) is 0 Å². The Morgan fingerprint density at radius 2 is 2.22 bits per heavy atom. The molecule has 0 amide bonds. The molecule has 3 nitrogen and oxygen atoms in total. The Morgan fingerprint density at radius 3 is 2.94 bits per heavy atom. The van der Waals surface area contributed by atoms with Gasteiger partial charge in [0.15, 0.2) is 0 Å². The third-order valence-electron chi connectivity index (χ3n) is 3.77. The number of nitrogens with zero attached hydrogens (tertiary/aromatic N) is 1. The number of ether oxygens (including phenoxy) is 1. The lowest BCUT2D eigenvalue weighted by Crippen LogP contribution is -2.33. The Kier molecular flexibility index (Phi) is 4.61. The van der Waals surface area contributed by atoms with Gasteiger partial charge in [-0.3, -0.25) is 4.90 Å². The molecule has 2 atom stereocenters. The summed E-state index contributed by atoms with van der Waals surface area (Å²) >= 11 is 0. The summed E-state index contributed by atoms with van der Waals surface area (Å²) < 4.78 is 5.79. The van der Waals surface area contributed by atoms with Gasteiger partial charge >= 0.3 is 0 Å². The van der Waals surface area contributed by atoms with Crippen molar-refractivity contribution in [2.24, 2.45) is 0 Å². The van der Waals surface area contributed by atoms with Crippen molar-refractivity contribution in [3.63, 3.8) is 0 Å². The molecule has 0 bridgehead atoms. The van der Waals surface area contributed by atoms with Gasteiger partial charge in [0, 0.05) is 31.3 Å². The van der Waals surface area contributed by atoms with Crippen molar-refractivity contribution in [3.05, 3.63) is 29.8 Å². The molecule has 1 aromatic rings. The molecular weight excluding hydrogens is 226 g/mol. The maximum atomic E-state index is 9.95. The van der Waals surface area contributed by atoms with E-state index < -0.39 is 0 Å². The van der Waals surface area contributed by atoms with E-state index in [2.05, 4.69) is 18.7 Å². The number of phenols is 1. The summed E-state index contributed by atoms with van der Waals surface area (Å²) in [5, 5.41) is 9.95. The Bertz CT molecular complexity index is 381. The minimum Gasteiger partial charge on any atom is -0.508 e. The van der Waals surface area contributed by atoms with E-state index in [4.69, 9.17) is 4.74 Å². The quantitative estimate of drug-likeness (QED) is 0.894. The van der Waals surface area contributed by atoms with Crippen LogP contribution in [0, 0.1) is 0 Å². The highest BCUT2D eigenvalue weighted by molar-refractivity contribution is 5.34. The highest BCUT2D eigenvalue weighted by Crippen LogP contribution is 2.29. The standard InChI is InChI=1S/C15H23NO2/c1-3-13-11-16(9-6-10-18-13)12(2)14-7-4-5-8-15(14)17/h4-5,7-8,12-13,17H,3,6,9-11H2,1-2H3. The van der Waals surface area contributed by atoms with Crippen molar-refractivity contribution in [2.45, 2.75) is 38.8 Å². The molecule has 1 N–H and O–H groups in total. The molecule has 2 rings (SSSR count). The van der Waals surface area contributed by atoms with E-state index in [1.807, 2.05) is 18.2 Å². The molecule has 0 aromatic heterocycles. The van der Waals surface area contributed by atoms with Gasteiger partial charge in [0.1, 0.15) is 5.75 Å². The lowest BCUT2D eigenvalue weighted by atomic mass is 10.0. The van der Waals surface area contributed by atoms with Gasteiger partial charge in [0.25, 0.3) is 0 Å². The second-order valence-electron chi connectivity index (χ2n) is 4.98. The van der Waals surface area contributed by atoms with Crippen LogP contribution in [0.5, 0.6) is 5.75 Å². The van der Waals surface area contributed by atoms with Gasteiger partial charge < -0.3 is 9.84 Å². The van der Waals surface area contributed by atoms with Crippen LogP contribution in [0.4, 0.5) is 0 Å². The number of hydrogen-bond donors (Lipinski definition) is 1. The summed E-state index contributed by atoms with van der Waals surface area (Å²) in [6.45, 7) is 7.16. The fourth-order valence-electron chi connectivity index (χ4n) is 2.56. The normalized spacial score (nSPS) is 23.6. The number of benzene rings is 1. The summed E-state index contributed by atoms with van der Waals surface area (Å²) in [5.41, 5.74) is 1.01. The molecule has 0 spiro atoms. The van der Waals surface area contributed by atoms with Crippen LogP contribution in [0.3, 0.4) is 0 Å². The van der Waals surface area contributed by atoms with Gasteiger partial charge in [-0.2, -0.15) is 0 Å². The van der Waals surface area contributed by atoms with Crippen molar-refractivity contribution in [1.29, 1.82) is 0 Å². The molecule has 1 heterocycles. The molecule has 0 saturated carbocycles. The first-order valence-corrected chi connectivity index (χ1v) is 6.86. The molecule has 100 valence electrons. The third kappa shape index (κ3) is 3.03. The zero-order chi connectivity index (χ0) is 13.0. The fourth-order valence-corrected chi connectivity index (χ4v) is 2.56. The summed E-state index contributed by atoms with van der Waals surface area (Å²) in [5.74, 6) is 0.392. The number of phenolic OH excluding ortho intramolecular Hbond substituents is 1. The lowest BCUT2D eigenvalue weighted by Gasteiger charge is -2.30. The SMILES string of the molecule is CCC1CN(C(C)c2ccccc2O)CCCO1. The molecular formula is C15H23NO2. The first kappa shape index (κ1) is 13.4. The fraction of sp³-hybridized carbons (Fsp3) is 0.600. The van der Waals surface area contributed by atoms with Crippen LogP contribution in [-0.2, 0) is 4.74 Å².